The van der Waals surface area contributed by atoms with E-state index >= 15 is 0 Å². The number of rotatable bonds is 9. The summed E-state index contributed by atoms with van der Waals surface area (Å²) in [6.45, 7) is 4.73. The van der Waals surface area contributed by atoms with Crippen LogP contribution in [0.4, 0.5) is 0 Å². The Labute approximate surface area is 210 Å². The van der Waals surface area contributed by atoms with Crippen molar-refractivity contribution in [2.45, 2.75) is 39.5 Å². The average molecular weight is 479 g/mol. The van der Waals surface area contributed by atoms with Gasteiger partial charge in [0.25, 0.3) is 0 Å². The molecule has 5 aromatic rings. The Morgan fingerprint density at radius 1 is 0.972 bits per heavy atom. The summed E-state index contributed by atoms with van der Waals surface area (Å²) in [6, 6.07) is 22.3. The van der Waals surface area contributed by atoms with E-state index in [9.17, 15) is 9.90 Å². The number of carboxylic acids is 1. The molecule has 0 saturated heterocycles. The highest BCUT2D eigenvalue weighted by atomic mass is 16.5. The Morgan fingerprint density at radius 2 is 1.75 bits per heavy atom. The van der Waals surface area contributed by atoms with Gasteiger partial charge in [0.1, 0.15) is 11.4 Å². The number of nitrogens with one attached hydrogen (secondary N) is 1. The molecule has 182 valence electrons. The van der Waals surface area contributed by atoms with Gasteiger partial charge in [0.05, 0.1) is 12.1 Å². The summed E-state index contributed by atoms with van der Waals surface area (Å²) in [5.74, 6) is -0.0953. The van der Waals surface area contributed by atoms with Crippen LogP contribution in [0.25, 0.3) is 32.8 Å². The van der Waals surface area contributed by atoms with Crippen LogP contribution in [0.3, 0.4) is 0 Å². The van der Waals surface area contributed by atoms with Gasteiger partial charge >= 0.3 is 5.97 Å². The van der Waals surface area contributed by atoms with Crippen molar-refractivity contribution in [3.63, 3.8) is 0 Å². The van der Waals surface area contributed by atoms with Gasteiger partial charge in [-0.15, -0.1) is 0 Å². The molecule has 0 spiro atoms. The Morgan fingerprint density at radius 3 is 2.58 bits per heavy atom. The highest BCUT2D eigenvalue weighted by Gasteiger charge is 2.21. The summed E-state index contributed by atoms with van der Waals surface area (Å²) >= 11 is 0. The summed E-state index contributed by atoms with van der Waals surface area (Å²) in [6.07, 6.45) is 5.02. The number of fused-ring (bicyclic) bond motifs is 2. The number of carbonyl (C=O) groups is 1. The first-order valence-corrected chi connectivity index (χ1v) is 12.5. The molecular weight excluding hydrogens is 448 g/mol. The minimum absolute atomic E-state index is 0.251. The van der Waals surface area contributed by atoms with E-state index in [1.807, 2.05) is 48.7 Å². The molecule has 0 fully saturated rings. The van der Waals surface area contributed by atoms with Crippen molar-refractivity contribution in [1.29, 1.82) is 0 Å². The lowest BCUT2D eigenvalue weighted by atomic mass is 9.94. The van der Waals surface area contributed by atoms with Crippen molar-refractivity contribution >= 4 is 27.6 Å². The van der Waals surface area contributed by atoms with Crippen molar-refractivity contribution in [3.8, 4) is 16.9 Å². The highest BCUT2D eigenvalue weighted by molar-refractivity contribution is 6.03. The van der Waals surface area contributed by atoms with Crippen LogP contribution in [-0.2, 0) is 12.8 Å². The summed E-state index contributed by atoms with van der Waals surface area (Å²) in [4.78, 5) is 20.1. The number of aromatic nitrogens is 2. The predicted molar refractivity (Wildman–Crippen MR) is 145 cm³/mol. The lowest BCUT2D eigenvalue weighted by Gasteiger charge is -2.13. The first-order chi connectivity index (χ1) is 17.6. The topological polar surface area (TPSA) is 75.2 Å². The molecule has 5 nitrogen and oxygen atoms in total. The summed E-state index contributed by atoms with van der Waals surface area (Å²) in [5, 5.41) is 13.2. The Balaban J connectivity index is 1.45. The summed E-state index contributed by atoms with van der Waals surface area (Å²) < 4.78 is 6.12. The minimum Gasteiger partial charge on any atom is -0.493 e. The van der Waals surface area contributed by atoms with Crippen molar-refractivity contribution in [2.75, 3.05) is 6.61 Å². The maximum Gasteiger partial charge on any atom is 0.352 e. The quantitative estimate of drug-likeness (QED) is 0.217. The number of aryl methyl sites for hydroxylation is 3. The number of hydrogen-bond acceptors (Lipinski definition) is 3. The fourth-order valence-electron chi connectivity index (χ4n) is 5.09. The fraction of sp³-hybridized carbons (Fsp3) is 0.226. The van der Waals surface area contributed by atoms with Crippen LogP contribution in [0.2, 0.25) is 0 Å². The van der Waals surface area contributed by atoms with Crippen LogP contribution in [0.1, 0.15) is 47.1 Å². The van der Waals surface area contributed by atoms with Crippen LogP contribution < -0.4 is 4.74 Å². The molecule has 0 saturated carbocycles. The summed E-state index contributed by atoms with van der Waals surface area (Å²) in [5.41, 5.74) is 6.20. The Hall–Kier alpha value is -4.12. The molecular formula is C31H30N2O3. The van der Waals surface area contributed by atoms with Crippen molar-refractivity contribution in [2.24, 2.45) is 0 Å². The van der Waals surface area contributed by atoms with Gasteiger partial charge in [-0.2, -0.15) is 0 Å². The Bertz CT molecular complexity index is 1550. The number of benzene rings is 3. The molecule has 5 heteroatoms. The maximum atomic E-state index is 12.2. The second-order valence-corrected chi connectivity index (χ2v) is 9.14. The van der Waals surface area contributed by atoms with Gasteiger partial charge in [0, 0.05) is 33.8 Å². The molecule has 2 N–H and O–H groups in total. The van der Waals surface area contributed by atoms with Gasteiger partial charge in [0.15, 0.2) is 0 Å². The van der Waals surface area contributed by atoms with Gasteiger partial charge in [-0.1, -0.05) is 67.9 Å². The van der Waals surface area contributed by atoms with E-state index in [1.54, 1.807) is 0 Å². The summed E-state index contributed by atoms with van der Waals surface area (Å²) in [7, 11) is 0. The second-order valence-electron chi connectivity index (χ2n) is 9.14. The molecule has 0 bridgehead atoms. The molecule has 0 amide bonds. The zero-order chi connectivity index (χ0) is 25.1. The fourth-order valence-corrected chi connectivity index (χ4v) is 5.09. The molecule has 0 aliphatic heterocycles. The third kappa shape index (κ3) is 4.44. The molecule has 0 aliphatic rings. The molecule has 0 unspecified atom stereocenters. The van der Waals surface area contributed by atoms with Gasteiger partial charge in [-0.3, -0.25) is 4.98 Å². The van der Waals surface area contributed by atoms with Gasteiger partial charge in [-0.05, 0) is 54.8 Å². The van der Waals surface area contributed by atoms with Gasteiger partial charge in [-0.25, -0.2) is 4.79 Å². The first kappa shape index (κ1) is 23.6. The van der Waals surface area contributed by atoms with Crippen LogP contribution in [0, 0.1) is 6.92 Å². The number of H-pyrrole nitrogens is 1. The van der Waals surface area contributed by atoms with Gasteiger partial charge < -0.3 is 14.8 Å². The van der Waals surface area contributed by atoms with Crippen molar-refractivity contribution in [3.05, 3.63) is 95.4 Å². The molecule has 5 rings (SSSR count). The van der Waals surface area contributed by atoms with E-state index < -0.39 is 5.97 Å². The SMILES string of the molecule is CCCc1nccc(C)c1-c1cccc2c(CCCOc3cccc4ccccc34)c(C(=O)O)[nH]c12. The van der Waals surface area contributed by atoms with E-state index in [0.29, 0.717) is 19.4 Å². The third-order valence-corrected chi connectivity index (χ3v) is 6.73. The second kappa shape index (κ2) is 10.2. The zero-order valence-electron chi connectivity index (χ0n) is 20.7. The first-order valence-electron chi connectivity index (χ1n) is 12.5. The maximum absolute atomic E-state index is 12.2. The van der Waals surface area contributed by atoms with E-state index in [-0.39, 0.29) is 5.69 Å². The smallest absolute Gasteiger partial charge is 0.352 e. The number of nitrogens with zero attached hydrogens (tertiary/aromatic N) is 1. The van der Waals surface area contributed by atoms with E-state index in [0.717, 1.165) is 68.2 Å². The van der Waals surface area contributed by atoms with Crippen LogP contribution in [-0.4, -0.2) is 27.7 Å². The number of hydrogen-bond donors (Lipinski definition) is 2. The van der Waals surface area contributed by atoms with E-state index in [4.69, 9.17) is 4.74 Å². The Kier molecular flexibility index (Phi) is 6.72. The number of carboxylic acid groups (broad SMARTS) is 1. The van der Waals surface area contributed by atoms with Crippen LogP contribution in [0.5, 0.6) is 5.75 Å². The van der Waals surface area contributed by atoms with Gasteiger partial charge in [0.2, 0.25) is 0 Å². The number of ether oxygens (including phenoxy) is 1. The lowest BCUT2D eigenvalue weighted by molar-refractivity contribution is 0.0690. The average Bonchev–Trinajstić information content (AvgIpc) is 3.26. The lowest BCUT2D eigenvalue weighted by Crippen LogP contribution is -2.04. The number of para-hydroxylation sites is 1. The van der Waals surface area contributed by atoms with Crippen LogP contribution in [0.15, 0.2) is 72.9 Å². The predicted octanol–water partition coefficient (Wildman–Crippen LogP) is 7.35. The molecule has 3 aromatic carbocycles. The van der Waals surface area contributed by atoms with Crippen molar-refractivity contribution < 1.29 is 14.6 Å². The molecule has 2 aromatic heterocycles. The normalized spacial score (nSPS) is 11.3. The zero-order valence-corrected chi connectivity index (χ0v) is 20.7. The highest BCUT2D eigenvalue weighted by Crippen LogP contribution is 2.36. The molecule has 2 heterocycles. The minimum atomic E-state index is -0.946. The molecule has 0 radical (unpaired) electrons. The van der Waals surface area contributed by atoms with E-state index in [1.165, 1.54) is 0 Å². The van der Waals surface area contributed by atoms with Crippen LogP contribution >= 0.6 is 0 Å². The number of aromatic carboxylic acids is 1. The third-order valence-electron chi connectivity index (χ3n) is 6.73. The monoisotopic (exact) mass is 478 g/mol. The van der Waals surface area contributed by atoms with E-state index in [2.05, 4.69) is 48.1 Å². The standard InChI is InChI=1S/C31H30N2O3/c1-3-9-26-28(20(2)17-18-32-26)25-14-7-13-23-24(30(31(34)35)33-29(23)25)15-8-19-36-27-16-6-11-21-10-4-5-12-22(21)27/h4-7,10-14,16-18,33H,3,8-9,15,19H2,1-2H3,(H,34,35). The molecule has 36 heavy (non-hydrogen) atoms. The number of pyridine rings is 1. The molecule has 0 atom stereocenters. The largest absolute Gasteiger partial charge is 0.493 e. The van der Waals surface area contributed by atoms with Crippen molar-refractivity contribution in [1.82, 2.24) is 9.97 Å². The number of aromatic amines is 1. The molecule has 0 aliphatic carbocycles.